The van der Waals surface area contributed by atoms with Gasteiger partial charge in [-0.3, -0.25) is 14.9 Å². The third-order valence-electron chi connectivity index (χ3n) is 5.31. The van der Waals surface area contributed by atoms with Crippen molar-refractivity contribution in [2.75, 3.05) is 13.1 Å². The van der Waals surface area contributed by atoms with Gasteiger partial charge in [0.2, 0.25) is 5.91 Å². The molecule has 2 unspecified atom stereocenters. The maximum Gasteiger partial charge on any atom is 0.320 e. The number of ether oxygens (including phenoxy) is 1. The van der Waals surface area contributed by atoms with Crippen LogP contribution in [0.2, 0.25) is 0 Å². The van der Waals surface area contributed by atoms with Gasteiger partial charge in [-0.15, -0.1) is 0 Å². The summed E-state index contributed by atoms with van der Waals surface area (Å²) >= 11 is 3.49. The van der Waals surface area contributed by atoms with E-state index in [9.17, 15) is 14.7 Å². The Bertz CT molecular complexity index is 861. The first kappa shape index (κ1) is 21.5. The van der Waals surface area contributed by atoms with Crippen LogP contribution in [0.1, 0.15) is 24.5 Å². The fraction of sp³-hybridized carbons (Fsp3) is 0.364. The number of hydrogen-bond donors (Lipinski definition) is 2. The molecule has 2 aromatic carbocycles. The van der Waals surface area contributed by atoms with Gasteiger partial charge < -0.3 is 14.7 Å². The van der Waals surface area contributed by atoms with E-state index in [1.807, 2.05) is 61.5 Å². The van der Waals surface area contributed by atoms with Crippen molar-refractivity contribution in [2.24, 2.45) is 5.41 Å². The Kier molecular flexibility index (Phi) is 7.05. The monoisotopic (exact) mass is 460 g/mol. The van der Waals surface area contributed by atoms with Crippen LogP contribution in [0, 0.1) is 5.41 Å². The molecule has 0 radical (unpaired) electrons. The molecule has 29 heavy (non-hydrogen) atoms. The molecule has 154 valence electrons. The molecule has 3 rings (SSSR count). The number of halogens is 1. The zero-order valence-electron chi connectivity index (χ0n) is 16.3. The Morgan fingerprint density at radius 2 is 1.93 bits per heavy atom. The third-order valence-corrected chi connectivity index (χ3v) is 6.09. The summed E-state index contributed by atoms with van der Waals surface area (Å²) in [4.78, 5) is 26.9. The average molecular weight is 461 g/mol. The van der Waals surface area contributed by atoms with Crippen molar-refractivity contribution in [1.82, 2.24) is 10.2 Å². The summed E-state index contributed by atoms with van der Waals surface area (Å²) in [6, 6.07) is 17.3. The van der Waals surface area contributed by atoms with E-state index in [-0.39, 0.29) is 13.0 Å². The largest absolute Gasteiger partial charge is 0.480 e. The van der Waals surface area contributed by atoms with E-state index < -0.39 is 23.6 Å². The van der Waals surface area contributed by atoms with Gasteiger partial charge in [-0.2, -0.15) is 0 Å². The zero-order valence-corrected chi connectivity index (χ0v) is 17.9. The molecule has 1 heterocycles. The van der Waals surface area contributed by atoms with Crippen LogP contribution in [0.25, 0.3) is 0 Å². The first-order chi connectivity index (χ1) is 14.0. The van der Waals surface area contributed by atoms with Gasteiger partial charge in [0.15, 0.2) is 11.8 Å². The van der Waals surface area contributed by atoms with Gasteiger partial charge in [-0.05, 0) is 37.0 Å². The highest BCUT2D eigenvalue weighted by Crippen LogP contribution is 2.32. The van der Waals surface area contributed by atoms with Crippen LogP contribution in [-0.4, -0.2) is 41.3 Å². The first-order valence-corrected chi connectivity index (χ1v) is 10.4. The van der Waals surface area contributed by atoms with Gasteiger partial charge in [-0.1, -0.05) is 64.5 Å². The maximum atomic E-state index is 13.3. The predicted molar refractivity (Wildman–Crippen MR) is 113 cm³/mol. The molecule has 0 saturated carbocycles. The molecule has 2 N–H and O–H groups in total. The Labute approximate surface area is 179 Å². The second kappa shape index (κ2) is 9.52. The van der Waals surface area contributed by atoms with Crippen LogP contribution in [0.5, 0.6) is 0 Å². The highest BCUT2D eigenvalue weighted by molar-refractivity contribution is 9.10. The summed E-state index contributed by atoms with van der Waals surface area (Å²) in [7, 11) is 0. The molecule has 2 aromatic rings. The number of carbonyl (C=O) groups excluding carboxylic acids is 1. The number of hydrogen-bond acceptors (Lipinski definition) is 4. The molecule has 1 aliphatic rings. The van der Waals surface area contributed by atoms with Crippen molar-refractivity contribution >= 4 is 27.8 Å². The second-order valence-electron chi connectivity index (χ2n) is 7.10. The van der Waals surface area contributed by atoms with Crippen LogP contribution in [0.3, 0.4) is 0 Å². The molecule has 0 aromatic heterocycles. The fourth-order valence-corrected chi connectivity index (χ4v) is 4.04. The van der Waals surface area contributed by atoms with Crippen LogP contribution < -0.4 is 5.32 Å². The molecule has 1 saturated heterocycles. The molecular formula is C22H25BrN2O4. The van der Waals surface area contributed by atoms with Crippen molar-refractivity contribution < 1.29 is 19.4 Å². The number of rotatable bonds is 8. The molecule has 0 aliphatic carbocycles. The summed E-state index contributed by atoms with van der Waals surface area (Å²) in [6.07, 6.45) is 0.0380. The van der Waals surface area contributed by atoms with Crippen molar-refractivity contribution in [3.8, 4) is 0 Å². The minimum atomic E-state index is -1.52. The molecule has 6 nitrogen and oxygen atoms in total. The second-order valence-corrected chi connectivity index (χ2v) is 7.95. The molecule has 1 fully saturated rings. The molecule has 1 aliphatic heterocycles. The molecule has 1 amide bonds. The summed E-state index contributed by atoms with van der Waals surface area (Å²) in [5, 5.41) is 13.1. The minimum Gasteiger partial charge on any atom is -0.480 e. The lowest BCUT2D eigenvalue weighted by atomic mass is 9.79. The third kappa shape index (κ3) is 4.69. The van der Waals surface area contributed by atoms with Crippen molar-refractivity contribution in [3.63, 3.8) is 0 Å². The van der Waals surface area contributed by atoms with Gasteiger partial charge >= 0.3 is 5.97 Å². The Morgan fingerprint density at radius 3 is 2.59 bits per heavy atom. The SMILES string of the molecule is CCN1C(=O)C(CCc2ccccc2Br)(C(=O)O)CNC1OCc1ccccc1. The van der Waals surface area contributed by atoms with E-state index in [2.05, 4.69) is 21.2 Å². The zero-order chi connectivity index (χ0) is 20.9. The lowest BCUT2D eigenvalue weighted by Gasteiger charge is -2.43. The summed E-state index contributed by atoms with van der Waals surface area (Å²) in [5.41, 5.74) is 0.450. The van der Waals surface area contributed by atoms with Gasteiger partial charge in [0, 0.05) is 17.6 Å². The smallest absolute Gasteiger partial charge is 0.320 e. The lowest BCUT2D eigenvalue weighted by molar-refractivity contribution is -0.183. The van der Waals surface area contributed by atoms with Gasteiger partial charge in [0.1, 0.15) is 0 Å². The highest BCUT2D eigenvalue weighted by atomic mass is 79.9. The Hall–Kier alpha value is -2.22. The van der Waals surface area contributed by atoms with Crippen molar-refractivity contribution in [2.45, 2.75) is 32.7 Å². The number of aliphatic carboxylic acids is 1. The summed E-state index contributed by atoms with van der Waals surface area (Å²) < 4.78 is 6.80. The standard InChI is InChI=1S/C22H25BrN2O4/c1-2-25-19(26)22(20(27)28,13-12-17-10-6-7-11-18(17)23)15-24-21(25)29-14-16-8-4-3-5-9-16/h3-11,21,24H,2,12-15H2,1H3,(H,27,28). The minimum absolute atomic E-state index is 0.0293. The van der Waals surface area contributed by atoms with E-state index >= 15 is 0 Å². The Balaban J connectivity index is 1.73. The van der Waals surface area contributed by atoms with Crippen LogP contribution in [0.15, 0.2) is 59.1 Å². The number of nitrogens with one attached hydrogen (secondary N) is 1. The number of amides is 1. The fourth-order valence-electron chi connectivity index (χ4n) is 3.56. The van der Waals surface area contributed by atoms with Crippen molar-refractivity contribution in [1.29, 1.82) is 0 Å². The molecule has 0 spiro atoms. The lowest BCUT2D eigenvalue weighted by Crippen LogP contribution is -2.66. The Morgan fingerprint density at radius 1 is 1.24 bits per heavy atom. The van der Waals surface area contributed by atoms with E-state index in [1.165, 1.54) is 4.90 Å². The van der Waals surface area contributed by atoms with Crippen LogP contribution in [0.4, 0.5) is 0 Å². The number of aryl methyl sites for hydroxylation is 1. The van der Waals surface area contributed by atoms with E-state index in [0.29, 0.717) is 19.6 Å². The molecule has 0 bridgehead atoms. The van der Waals surface area contributed by atoms with E-state index in [4.69, 9.17) is 4.74 Å². The number of nitrogens with zero attached hydrogens (tertiary/aromatic N) is 1. The molecule has 7 heteroatoms. The van der Waals surface area contributed by atoms with Gasteiger partial charge in [0.25, 0.3) is 0 Å². The van der Waals surface area contributed by atoms with Gasteiger partial charge in [-0.25, -0.2) is 0 Å². The summed E-state index contributed by atoms with van der Waals surface area (Å²) in [6.45, 7) is 2.54. The topological polar surface area (TPSA) is 78.9 Å². The average Bonchev–Trinajstić information content (AvgIpc) is 2.73. The predicted octanol–water partition coefficient (Wildman–Crippen LogP) is 3.40. The van der Waals surface area contributed by atoms with Crippen molar-refractivity contribution in [3.05, 3.63) is 70.2 Å². The van der Waals surface area contributed by atoms with E-state index in [0.717, 1.165) is 15.6 Å². The molecular weight excluding hydrogens is 436 g/mol. The van der Waals surface area contributed by atoms with Gasteiger partial charge in [0.05, 0.1) is 6.61 Å². The highest BCUT2D eigenvalue weighted by Gasteiger charge is 2.52. The van der Waals surface area contributed by atoms with Crippen LogP contribution in [-0.2, 0) is 27.4 Å². The number of carboxylic acids is 1. The first-order valence-electron chi connectivity index (χ1n) is 9.64. The van der Waals surface area contributed by atoms with Crippen LogP contribution >= 0.6 is 15.9 Å². The quantitative estimate of drug-likeness (QED) is 0.590. The van der Waals surface area contributed by atoms with E-state index in [1.54, 1.807) is 0 Å². The summed E-state index contributed by atoms with van der Waals surface area (Å²) in [5.74, 6) is -1.52. The number of carboxylic acid groups (broad SMARTS) is 1. The number of benzene rings is 2. The normalized spacial score (nSPS) is 21.9. The maximum absolute atomic E-state index is 13.3. The number of carbonyl (C=O) groups is 2. The molecule has 2 atom stereocenters.